The number of nitrogens with one attached hydrogen (secondary N) is 2. The molecule has 2 N–H and O–H groups in total. The van der Waals surface area contributed by atoms with Gasteiger partial charge >= 0.3 is 5.76 Å². The summed E-state index contributed by atoms with van der Waals surface area (Å²) in [6.07, 6.45) is 2.23. The lowest BCUT2D eigenvalue weighted by atomic mass is 10.1. The Bertz CT molecular complexity index is 1140. The number of carbonyl (C=O) groups excluding carboxylic acids is 1. The minimum Gasteiger partial charge on any atom is -0.408 e. The van der Waals surface area contributed by atoms with Crippen LogP contribution >= 0.6 is 0 Å². The van der Waals surface area contributed by atoms with Gasteiger partial charge in [-0.05, 0) is 36.8 Å². The number of H-pyrrole nitrogens is 1. The second kappa shape index (κ2) is 6.36. The van der Waals surface area contributed by atoms with Gasteiger partial charge in [0.15, 0.2) is 5.58 Å². The van der Waals surface area contributed by atoms with Crippen molar-refractivity contribution in [1.82, 2.24) is 14.8 Å². The van der Waals surface area contributed by atoms with Crippen LogP contribution in [0.25, 0.3) is 16.8 Å². The number of amides is 1. The molecule has 2 heterocycles. The summed E-state index contributed by atoms with van der Waals surface area (Å²) in [6, 6.07) is 14.7. The number of fused-ring (bicyclic) bond motifs is 1. The summed E-state index contributed by atoms with van der Waals surface area (Å²) in [5, 5.41) is 7.21. The largest absolute Gasteiger partial charge is 0.417 e. The highest BCUT2D eigenvalue weighted by Gasteiger charge is 2.17. The lowest BCUT2D eigenvalue weighted by molar-refractivity contribution is 0.102. The Labute approximate surface area is 148 Å². The van der Waals surface area contributed by atoms with Crippen molar-refractivity contribution < 1.29 is 9.21 Å². The summed E-state index contributed by atoms with van der Waals surface area (Å²) >= 11 is 0. The molecule has 0 aliphatic carbocycles. The molecule has 130 valence electrons. The molecular formula is C19H16N4O3. The predicted octanol–water partition coefficient (Wildman–Crippen LogP) is 3.12. The molecule has 0 fully saturated rings. The van der Waals surface area contributed by atoms with Crippen LogP contribution in [-0.2, 0) is 6.42 Å². The first-order chi connectivity index (χ1) is 12.7. The third-order valence-electron chi connectivity index (χ3n) is 4.13. The van der Waals surface area contributed by atoms with Crippen molar-refractivity contribution >= 4 is 22.7 Å². The zero-order chi connectivity index (χ0) is 18.1. The first kappa shape index (κ1) is 15.9. The number of aromatic nitrogens is 3. The number of carbonyl (C=O) groups is 1. The Hall–Kier alpha value is -3.61. The number of anilines is 1. The van der Waals surface area contributed by atoms with Gasteiger partial charge in [-0.2, -0.15) is 5.10 Å². The number of oxazole rings is 1. The molecule has 0 aliphatic heterocycles. The molecule has 0 saturated carbocycles. The molecule has 1 amide bonds. The number of aromatic amines is 1. The molecule has 4 aromatic rings. The second-order valence-electron chi connectivity index (χ2n) is 5.79. The quantitative estimate of drug-likeness (QED) is 0.592. The minimum atomic E-state index is -0.527. The van der Waals surface area contributed by atoms with Crippen LogP contribution in [-0.4, -0.2) is 20.7 Å². The highest BCUT2D eigenvalue weighted by molar-refractivity contribution is 6.05. The highest BCUT2D eigenvalue weighted by Crippen LogP contribution is 2.20. The smallest absolute Gasteiger partial charge is 0.408 e. The fourth-order valence-electron chi connectivity index (χ4n) is 2.92. The average molecular weight is 348 g/mol. The number of hydrogen-bond acceptors (Lipinski definition) is 4. The molecule has 0 atom stereocenters. The Balaban J connectivity index is 1.65. The van der Waals surface area contributed by atoms with Gasteiger partial charge in [0.05, 0.1) is 28.7 Å². The van der Waals surface area contributed by atoms with Crippen LogP contribution in [0.4, 0.5) is 5.69 Å². The third-order valence-corrected chi connectivity index (χ3v) is 4.13. The van der Waals surface area contributed by atoms with Crippen molar-refractivity contribution in [2.24, 2.45) is 0 Å². The summed E-state index contributed by atoms with van der Waals surface area (Å²) in [5.74, 6) is -0.782. The van der Waals surface area contributed by atoms with Gasteiger partial charge in [-0.15, -0.1) is 0 Å². The molecule has 0 radical (unpaired) electrons. The fourth-order valence-corrected chi connectivity index (χ4v) is 2.92. The Kier molecular flexibility index (Phi) is 3.89. The van der Waals surface area contributed by atoms with E-state index in [1.165, 1.54) is 0 Å². The molecule has 0 unspecified atom stereocenters. The molecular weight excluding hydrogens is 332 g/mol. The lowest BCUT2D eigenvalue weighted by Crippen LogP contribution is -2.14. The van der Waals surface area contributed by atoms with Crippen LogP contribution < -0.4 is 11.1 Å². The standard InChI is InChI=1S/C19H16N4O3/c1-2-16-14(11-20-23(16)13-6-4-3-5-7-13)18(24)21-12-8-9-17-15(10-12)22-19(25)26-17/h3-11H,2H2,1H3,(H,21,24)(H,22,25). The van der Waals surface area contributed by atoms with E-state index < -0.39 is 5.76 Å². The molecule has 7 nitrogen and oxygen atoms in total. The van der Waals surface area contributed by atoms with Crippen molar-refractivity contribution in [2.75, 3.05) is 5.32 Å². The normalized spacial score (nSPS) is 11.0. The van der Waals surface area contributed by atoms with E-state index in [-0.39, 0.29) is 5.91 Å². The van der Waals surface area contributed by atoms with E-state index in [9.17, 15) is 9.59 Å². The first-order valence-electron chi connectivity index (χ1n) is 8.22. The second-order valence-corrected chi connectivity index (χ2v) is 5.79. The molecule has 0 bridgehead atoms. The predicted molar refractivity (Wildman–Crippen MR) is 97.7 cm³/mol. The summed E-state index contributed by atoms with van der Waals surface area (Å²) in [7, 11) is 0. The van der Waals surface area contributed by atoms with Gasteiger partial charge in [0, 0.05) is 5.69 Å². The maximum atomic E-state index is 12.7. The summed E-state index contributed by atoms with van der Waals surface area (Å²) < 4.78 is 6.73. The third kappa shape index (κ3) is 2.79. The molecule has 0 saturated heterocycles. The van der Waals surface area contributed by atoms with Crippen molar-refractivity contribution in [2.45, 2.75) is 13.3 Å². The van der Waals surface area contributed by atoms with Crippen molar-refractivity contribution in [3.8, 4) is 5.69 Å². The van der Waals surface area contributed by atoms with E-state index in [1.54, 1.807) is 29.1 Å². The molecule has 2 aromatic heterocycles. The Morgan fingerprint density at radius 3 is 2.81 bits per heavy atom. The Morgan fingerprint density at radius 1 is 1.23 bits per heavy atom. The van der Waals surface area contributed by atoms with Gasteiger partial charge in [0.2, 0.25) is 0 Å². The van der Waals surface area contributed by atoms with Crippen LogP contribution in [0.5, 0.6) is 0 Å². The van der Waals surface area contributed by atoms with Crippen molar-refractivity contribution in [3.05, 3.63) is 76.5 Å². The van der Waals surface area contributed by atoms with E-state index in [1.807, 2.05) is 37.3 Å². The molecule has 26 heavy (non-hydrogen) atoms. The topological polar surface area (TPSA) is 92.9 Å². The molecule has 0 aliphatic rings. The summed E-state index contributed by atoms with van der Waals surface area (Å²) in [4.78, 5) is 26.5. The monoisotopic (exact) mass is 348 g/mol. The van der Waals surface area contributed by atoms with Crippen LogP contribution in [0, 0.1) is 0 Å². The van der Waals surface area contributed by atoms with E-state index >= 15 is 0 Å². The van der Waals surface area contributed by atoms with Gasteiger partial charge in [0.25, 0.3) is 5.91 Å². The lowest BCUT2D eigenvalue weighted by Gasteiger charge is -2.08. The van der Waals surface area contributed by atoms with Crippen molar-refractivity contribution in [3.63, 3.8) is 0 Å². The van der Waals surface area contributed by atoms with Crippen LogP contribution in [0.15, 0.2) is 63.9 Å². The molecule has 7 heteroatoms. The molecule has 2 aromatic carbocycles. The van der Waals surface area contributed by atoms with E-state index in [0.29, 0.717) is 28.8 Å². The van der Waals surface area contributed by atoms with Gasteiger partial charge in [-0.1, -0.05) is 25.1 Å². The van der Waals surface area contributed by atoms with Gasteiger partial charge in [-0.3, -0.25) is 9.78 Å². The zero-order valence-corrected chi connectivity index (χ0v) is 14.0. The zero-order valence-electron chi connectivity index (χ0n) is 14.0. The average Bonchev–Trinajstić information content (AvgIpc) is 3.24. The highest BCUT2D eigenvalue weighted by atomic mass is 16.4. The number of hydrogen-bond donors (Lipinski definition) is 2. The summed E-state index contributed by atoms with van der Waals surface area (Å²) in [6.45, 7) is 1.98. The van der Waals surface area contributed by atoms with Gasteiger partial charge in [0.1, 0.15) is 0 Å². The van der Waals surface area contributed by atoms with E-state index in [4.69, 9.17) is 4.42 Å². The van der Waals surface area contributed by atoms with Gasteiger partial charge < -0.3 is 9.73 Å². The minimum absolute atomic E-state index is 0.255. The van der Waals surface area contributed by atoms with Crippen LogP contribution in [0.1, 0.15) is 23.0 Å². The van der Waals surface area contributed by atoms with Crippen LogP contribution in [0.3, 0.4) is 0 Å². The first-order valence-corrected chi connectivity index (χ1v) is 8.22. The van der Waals surface area contributed by atoms with E-state index in [0.717, 1.165) is 11.4 Å². The fraction of sp³-hybridized carbons (Fsp3) is 0.105. The maximum Gasteiger partial charge on any atom is 0.417 e. The van der Waals surface area contributed by atoms with Crippen LogP contribution in [0.2, 0.25) is 0 Å². The number of benzene rings is 2. The maximum absolute atomic E-state index is 12.7. The van der Waals surface area contributed by atoms with Crippen molar-refractivity contribution in [1.29, 1.82) is 0 Å². The number of rotatable bonds is 4. The number of nitrogens with zero attached hydrogens (tertiary/aromatic N) is 2. The van der Waals surface area contributed by atoms with Gasteiger partial charge in [-0.25, -0.2) is 9.48 Å². The molecule has 0 spiro atoms. The number of para-hydroxylation sites is 1. The van der Waals surface area contributed by atoms with E-state index in [2.05, 4.69) is 15.4 Å². The summed E-state index contributed by atoms with van der Waals surface area (Å²) in [5.41, 5.74) is 3.78. The Morgan fingerprint density at radius 2 is 2.04 bits per heavy atom. The molecule has 4 rings (SSSR count). The SMILES string of the molecule is CCc1c(C(=O)Nc2ccc3oc(=O)[nH]c3c2)cnn1-c1ccccc1.